The molecule has 1 radical (unpaired) electrons. The van der Waals surface area contributed by atoms with Gasteiger partial charge >= 0.3 is 0 Å². The van der Waals surface area contributed by atoms with Crippen molar-refractivity contribution in [3.8, 4) is 12.3 Å². The number of piperazine rings is 1. The van der Waals surface area contributed by atoms with Crippen LogP contribution in [0.25, 0.3) is 5.48 Å². The number of carbonyl (C=O) groups is 2. The molecule has 173 valence electrons. The summed E-state index contributed by atoms with van der Waals surface area (Å²) in [4.78, 5) is 29.9. The minimum Gasteiger partial charge on any atom is -0.589 e. The second kappa shape index (κ2) is 15.9. The summed E-state index contributed by atoms with van der Waals surface area (Å²) in [5.41, 5.74) is 4.05. The first-order valence-electron chi connectivity index (χ1n) is 9.88. The summed E-state index contributed by atoms with van der Waals surface area (Å²) in [7, 11) is 0. The third-order valence-electron chi connectivity index (χ3n) is 4.22. The van der Waals surface area contributed by atoms with Gasteiger partial charge in [0.05, 0.1) is 31.5 Å². The fraction of sp³-hybridized carbons (Fsp3) is 0.455. The number of fused-ring (bicyclic) bond motifs is 1. The summed E-state index contributed by atoms with van der Waals surface area (Å²) in [6, 6.07) is 3.40. The van der Waals surface area contributed by atoms with Crippen molar-refractivity contribution in [1.82, 2.24) is 9.80 Å². The molecule has 2 aliphatic heterocycles. The number of hydrogen-bond acceptors (Lipinski definition) is 5. The van der Waals surface area contributed by atoms with Gasteiger partial charge in [-0.05, 0) is 31.4 Å². The Morgan fingerprint density at radius 3 is 2.66 bits per heavy atom. The number of halogens is 2. The number of aldehydes is 1. The molecule has 3 rings (SSSR count). The van der Waals surface area contributed by atoms with E-state index in [-0.39, 0.29) is 69.5 Å². The van der Waals surface area contributed by atoms with Crippen LogP contribution in [0.3, 0.4) is 0 Å². The van der Waals surface area contributed by atoms with Crippen LogP contribution in [0.15, 0.2) is 30.2 Å². The maximum absolute atomic E-state index is 13.5. The van der Waals surface area contributed by atoms with E-state index in [1.807, 2.05) is 25.7 Å². The zero-order valence-electron chi connectivity index (χ0n) is 18.8. The normalized spacial score (nSPS) is 19.3. The van der Waals surface area contributed by atoms with Crippen molar-refractivity contribution in [3.05, 3.63) is 52.8 Å². The van der Waals surface area contributed by atoms with E-state index in [9.17, 15) is 13.6 Å². The van der Waals surface area contributed by atoms with Crippen LogP contribution in [0, 0.1) is 24.0 Å². The van der Waals surface area contributed by atoms with Crippen molar-refractivity contribution in [2.75, 3.05) is 19.7 Å². The number of terminal acetylenes is 1. The summed E-state index contributed by atoms with van der Waals surface area (Å²) in [5.74, 6) is 0.930. The molecule has 2 heterocycles. The quantitative estimate of drug-likeness (QED) is 0.255. The maximum Gasteiger partial charge on any atom is 0.244 e. The molecule has 0 spiro atoms. The number of hydrogen-bond donors (Lipinski definition) is 0. The summed E-state index contributed by atoms with van der Waals surface area (Å²) >= 11 is 0. The fourth-order valence-corrected chi connectivity index (χ4v) is 2.99. The summed E-state index contributed by atoms with van der Waals surface area (Å²) in [6.45, 7) is 8.97. The number of allylic oxidation sites excluding steroid dienone is 1. The number of hydroxylamine groups is 1. The van der Waals surface area contributed by atoms with Crippen LogP contribution in [0.5, 0.6) is 0 Å². The third kappa shape index (κ3) is 9.33. The molecule has 0 saturated carbocycles. The minimum atomic E-state index is -0.664. The number of ether oxygens (including phenoxy) is 1. The Morgan fingerprint density at radius 1 is 1.41 bits per heavy atom. The van der Waals surface area contributed by atoms with Crippen LogP contribution >= 0.6 is 0 Å². The SMILES string of the molecule is C#CC=O.C/C(=C\N1CC(=O)N2C(C)COC2C1)O[N-]Cc1ccc(F)cc1F.CC.[Y]. The maximum atomic E-state index is 13.5. The van der Waals surface area contributed by atoms with Gasteiger partial charge in [-0.3, -0.25) is 9.59 Å². The molecule has 0 N–H and O–H groups in total. The molecular weight excluding hydrogens is 497 g/mol. The van der Waals surface area contributed by atoms with Crippen LogP contribution in [0.1, 0.15) is 33.3 Å². The minimum absolute atomic E-state index is 0. The number of rotatable bonds is 5. The van der Waals surface area contributed by atoms with Crippen LogP contribution in [-0.4, -0.2) is 54.0 Å². The van der Waals surface area contributed by atoms with Crippen LogP contribution in [0.4, 0.5) is 8.78 Å². The van der Waals surface area contributed by atoms with E-state index >= 15 is 0 Å². The monoisotopic (exact) mass is 525 g/mol. The van der Waals surface area contributed by atoms with E-state index in [4.69, 9.17) is 14.4 Å². The molecule has 2 fully saturated rings. The largest absolute Gasteiger partial charge is 0.589 e. The summed E-state index contributed by atoms with van der Waals surface area (Å²) in [5, 5.41) is 0. The molecule has 0 aromatic heterocycles. The first-order valence-corrected chi connectivity index (χ1v) is 9.88. The van der Waals surface area contributed by atoms with E-state index in [0.29, 0.717) is 25.2 Å². The molecule has 32 heavy (non-hydrogen) atoms. The Kier molecular flexibility index (Phi) is 14.9. The zero-order chi connectivity index (χ0) is 23.4. The van der Waals surface area contributed by atoms with Crippen LogP contribution in [0.2, 0.25) is 0 Å². The Hall–Kier alpha value is -1.86. The van der Waals surface area contributed by atoms with Crippen molar-refractivity contribution in [1.29, 1.82) is 0 Å². The molecule has 1 amide bonds. The standard InChI is InChI=1S/C17H20F2N3O3.C3H2O.C2H6.Y/c1-11-10-24-17-9-21(8-16(23)22(11)17)7-12(2)25-20-6-13-3-4-14(18)5-15(13)19;1-2-3-4;1-2;/h3-5,7,11,17H,6,8-10H2,1-2H3;1,3H;1-2H3;/q-1;;;/b12-7+;;;. The molecule has 1 aromatic rings. The number of amides is 1. The second-order valence-electron chi connectivity index (χ2n) is 6.51. The van der Waals surface area contributed by atoms with E-state index in [1.54, 1.807) is 23.9 Å². The predicted octanol–water partition coefficient (Wildman–Crippen LogP) is 3.36. The predicted molar refractivity (Wildman–Crippen MR) is 112 cm³/mol. The first kappa shape index (κ1) is 30.1. The van der Waals surface area contributed by atoms with E-state index < -0.39 is 11.6 Å². The van der Waals surface area contributed by atoms with Crippen LogP contribution in [-0.2, 0) is 58.4 Å². The average Bonchev–Trinajstić information content (AvgIpc) is 3.12. The van der Waals surface area contributed by atoms with Gasteiger partial charge in [0, 0.05) is 45.0 Å². The van der Waals surface area contributed by atoms with Gasteiger partial charge in [0.1, 0.15) is 17.9 Å². The Balaban J connectivity index is 0.00000124. The van der Waals surface area contributed by atoms with Crippen molar-refractivity contribution < 1.29 is 60.7 Å². The van der Waals surface area contributed by atoms with Gasteiger partial charge in [-0.15, -0.1) is 6.42 Å². The van der Waals surface area contributed by atoms with Gasteiger partial charge in [0.2, 0.25) is 5.91 Å². The first-order chi connectivity index (χ1) is 14.8. The van der Waals surface area contributed by atoms with Crippen molar-refractivity contribution in [2.24, 2.45) is 0 Å². The van der Waals surface area contributed by atoms with Crippen molar-refractivity contribution in [3.63, 3.8) is 0 Å². The Labute approximate surface area is 213 Å². The number of carbonyl (C=O) groups excluding carboxylic acids is 2. The van der Waals surface area contributed by atoms with E-state index in [0.717, 1.165) is 6.07 Å². The molecule has 0 bridgehead atoms. The van der Waals surface area contributed by atoms with Crippen LogP contribution < -0.4 is 0 Å². The zero-order valence-corrected chi connectivity index (χ0v) is 21.6. The molecule has 10 heteroatoms. The number of nitrogens with zero attached hydrogens (tertiary/aromatic N) is 3. The van der Waals surface area contributed by atoms with Crippen molar-refractivity contribution >= 4 is 12.2 Å². The fourth-order valence-electron chi connectivity index (χ4n) is 2.99. The molecule has 0 aliphatic carbocycles. The molecule has 1 aromatic carbocycles. The van der Waals surface area contributed by atoms with Gasteiger partial charge in [-0.25, -0.2) is 8.78 Å². The summed E-state index contributed by atoms with van der Waals surface area (Å²) in [6.07, 6.45) is 6.25. The van der Waals surface area contributed by atoms with E-state index in [1.165, 1.54) is 12.1 Å². The molecule has 7 nitrogen and oxygen atoms in total. The van der Waals surface area contributed by atoms with Gasteiger partial charge in [-0.2, -0.15) is 0 Å². The van der Waals surface area contributed by atoms with Gasteiger partial charge in [-0.1, -0.05) is 26.5 Å². The molecule has 2 unspecified atom stereocenters. The second-order valence-corrected chi connectivity index (χ2v) is 6.51. The molecular formula is C22H28F2N3O4Y-. The topological polar surface area (TPSA) is 73.2 Å². The molecule has 2 atom stereocenters. The third-order valence-corrected chi connectivity index (χ3v) is 4.22. The van der Waals surface area contributed by atoms with Gasteiger partial charge in [0.25, 0.3) is 0 Å². The number of benzene rings is 1. The van der Waals surface area contributed by atoms with E-state index in [2.05, 4.69) is 11.9 Å². The van der Waals surface area contributed by atoms with Crippen molar-refractivity contribution in [2.45, 2.75) is 46.5 Å². The average molecular weight is 525 g/mol. The summed E-state index contributed by atoms with van der Waals surface area (Å²) < 4.78 is 32.0. The Morgan fingerprint density at radius 2 is 2.06 bits per heavy atom. The molecule has 2 saturated heterocycles. The van der Waals surface area contributed by atoms with Gasteiger partial charge in [0.15, 0.2) is 6.29 Å². The van der Waals surface area contributed by atoms with Gasteiger partial charge < -0.3 is 24.9 Å². The Bertz CT molecular complexity index is 817. The molecule has 2 aliphatic rings. The smallest absolute Gasteiger partial charge is 0.244 e.